The molecule has 0 N–H and O–H groups in total. The molecular formula is C30H48O7Si. The highest BCUT2D eigenvalue weighted by Crippen LogP contribution is 2.38. The number of carbonyl (C=O) groups excluding carboxylic acids is 3. The van der Waals surface area contributed by atoms with Gasteiger partial charge in [-0.05, 0) is 61.6 Å². The van der Waals surface area contributed by atoms with Gasteiger partial charge in [0.15, 0.2) is 0 Å². The zero-order valence-corrected chi connectivity index (χ0v) is 24.9. The molecule has 0 aromatic heterocycles. The van der Waals surface area contributed by atoms with Crippen molar-refractivity contribution in [1.29, 1.82) is 0 Å². The number of unbranched alkanes of at least 4 members (excludes halogenated alkanes) is 6. The summed E-state index contributed by atoms with van der Waals surface area (Å²) < 4.78 is 21.5. The van der Waals surface area contributed by atoms with Gasteiger partial charge in [0.1, 0.15) is 5.75 Å². The fourth-order valence-electron chi connectivity index (χ4n) is 5.36. The summed E-state index contributed by atoms with van der Waals surface area (Å²) in [5.41, 5.74) is 1.37. The summed E-state index contributed by atoms with van der Waals surface area (Å²) in [6.07, 6.45) is 16.7. The quantitative estimate of drug-likeness (QED) is 0.147. The third kappa shape index (κ3) is 12.5. The molecule has 214 valence electrons. The van der Waals surface area contributed by atoms with Gasteiger partial charge in [-0.15, -0.1) is 0 Å². The minimum Gasteiger partial charge on any atom is -0.494 e. The summed E-state index contributed by atoms with van der Waals surface area (Å²) in [4.78, 5) is 34.7. The lowest BCUT2D eigenvalue weighted by molar-refractivity contribution is -0.147. The van der Waals surface area contributed by atoms with Gasteiger partial charge >= 0.3 is 8.80 Å². The second kappa shape index (κ2) is 17.3. The predicted octanol–water partition coefficient (Wildman–Crippen LogP) is 7.50. The van der Waals surface area contributed by atoms with E-state index in [1.807, 2.05) is 12.1 Å². The van der Waals surface area contributed by atoms with Gasteiger partial charge in [-0.1, -0.05) is 70.4 Å². The molecule has 1 aliphatic carbocycles. The van der Waals surface area contributed by atoms with Crippen LogP contribution >= 0.6 is 0 Å². The first-order valence-corrected chi connectivity index (χ1v) is 16.5. The van der Waals surface area contributed by atoms with E-state index in [4.69, 9.17) is 18.0 Å². The number of hydrogen-bond acceptors (Lipinski definition) is 7. The van der Waals surface area contributed by atoms with Crippen molar-refractivity contribution >= 4 is 26.7 Å². The molecule has 0 radical (unpaired) electrons. The predicted molar refractivity (Wildman–Crippen MR) is 150 cm³/mol. The van der Waals surface area contributed by atoms with Gasteiger partial charge in [0.2, 0.25) is 0 Å². The standard InChI is InChI=1S/C30H48O7Si/c1-5-6-7-8-9-10-11-13-27-14-16-28(17-15-27)29-18-20-30(21-19-29)34-22-12-23-38(35-24(2)31,36-25(3)32)37-26(4)33/h18-21,27-28H,5-17,22-23H2,1-4H3. The number of carbonyl (C=O) groups is 3. The highest BCUT2D eigenvalue weighted by molar-refractivity contribution is 6.65. The van der Waals surface area contributed by atoms with Gasteiger partial charge in [0.05, 0.1) is 12.7 Å². The van der Waals surface area contributed by atoms with Crippen LogP contribution in [0.4, 0.5) is 0 Å². The number of benzene rings is 1. The van der Waals surface area contributed by atoms with Crippen LogP contribution in [0.1, 0.15) is 123 Å². The third-order valence-corrected chi connectivity index (χ3v) is 9.97. The van der Waals surface area contributed by atoms with Crippen LogP contribution in [0.5, 0.6) is 5.75 Å². The summed E-state index contributed by atoms with van der Waals surface area (Å²) in [5, 5.41) is 0. The molecule has 7 nitrogen and oxygen atoms in total. The van der Waals surface area contributed by atoms with Gasteiger partial charge in [-0.3, -0.25) is 14.4 Å². The van der Waals surface area contributed by atoms with E-state index in [1.54, 1.807) is 0 Å². The average Bonchev–Trinajstić information content (AvgIpc) is 2.85. The molecule has 1 aromatic carbocycles. The molecule has 0 amide bonds. The van der Waals surface area contributed by atoms with Crippen molar-refractivity contribution in [3.05, 3.63) is 29.8 Å². The van der Waals surface area contributed by atoms with Crippen LogP contribution in [0, 0.1) is 5.92 Å². The van der Waals surface area contributed by atoms with Gasteiger partial charge in [0, 0.05) is 20.8 Å². The summed E-state index contributed by atoms with van der Waals surface area (Å²) in [6.45, 7) is 6.15. The van der Waals surface area contributed by atoms with Crippen molar-refractivity contribution < 1.29 is 32.4 Å². The van der Waals surface area contributed by atoms with Crippen LogP contribution in [-0.2, 0) is 27.7 Å². The van der Waals surface area contributed by atoms with Crippen molar-refractivity contribution in [1.82, 2.24) is 0 Å². The fraction of sp³-hybridized carbons (Fsp3) is 0.700. The minimum atomic E-state index is -3.81. The van der Waals surface area contributed by atoms with E-state index < -0.39 is 26.7 Å². The monoisotopic (exact) mass is 548 g/mol. The van der Waals surface area contributed by atoms with E-state index in [1.165, 1.54) is 103 Å². The maximum Gasteiger partial charge on any atom is 0.705 e. The Morgan fingerprint density at radius 2 is 1.26 bits per heavy atom. The second-order valence-electron chi connectivity index (χ2n) is 10.6. The van der Waals surface area contributed by atoms with Gasteiger partial charge in [0.25, 0.3) is 17.9 Å². The Labute approximate surface area is 230 Å². The molecule has 0 spiro atoms. The van der Waals surface area contributed by atoms with Crippen molar-refractivity contribution in [2.75, 3.05) is 6.61 Å². The molecule has 1 aromatic rings. The van der Waals surface area contributed by atoms with E-state index in [2.05, 4.69) is 19.1 Å². The van der Waals surface area contributed by atoms with Crippen LogP contribution in [0.15, 0.2) is 24.3 Å². The molecule has 38 heavy (non-hydrogen) atoms. The molecule has 2 rings (SSSR count). The molecule has 0 bridgehead atoms. The average molecular weight is 549 g/mol. The third-order valence-electron chi connectivity index (χ3n) is 7.21. The van der Waals surface area contributed by atoms with E-state index in [-0.39, 0.29) is 6.04 Å². The second-order valence-corrected chi connectivity index (χ2v) is 13.1. The molecule has 0 saturated heterocycles. The zero-order chi connectivity index (χ0) is 27.8. The van der Waals surface area contributed by atoms with Crippen molar-refractivity contribution in [2.24, 2.45) is 5.92 Å². The lowest BCUT2D eigenvalue weighted by atomic mass is 9.77. The van der Waals surface area contributed by atoms with Gasteiger partial charge < -0.3 is 18.0 Å². The van der Waals surface area contributed by atoms with Crippen LogP contribution in [0.25, 0.3) is 0 Å². The van der Waals surface area contributed by atoms with E-state index >= 15 is 0 Å². The Morgan fingerprint density at radius 3 is 1.79 bits per heavy atom. The van der Waals surface area contributed by atoms with Crippen molar-refractivity contribution in [3.8, 4) is 5.75 Å². The van der Waals surface area contributed by atoms with Gasteiger partial charge in [-0.25, -0.2) is 0 Å². The maximum atomic E-state index is 11.6. The zero-order valence-electron chi connectivity index (χ0n) is 23.9. The smallest absolute Gasteiger partial charge is 0.494 e. The first-order valence-electron chi connectivity index (χ1n) is 14.5. The molecule has 0 atom stereocenters. The van der Waals surface area contributed by atoms with Crippen LogP contribution in [0.2, 0.25) is 6.04 Å². The van der Waals surface area contributed by atoms with E-state index in [0.717, 1.165) is 11.7 Å². The topological polar surface area (TPSA) is 88.1 Å². The lowest BCUT2D eigenvalue weighted by Gasteiger charge is -2.29. The Morgan fingerprint density at radius 1 is 0.737 bits per heavy atom. The van der Waals surface area contributed by atoms with Crippen LogP contribution in [0.3, 0.4) is 0 Å². The SMILES string of the molecule is CCCCCCCCCC1CCC(c2ccc(OCCC[Si](OC(C)=O)(OC(C)=O)OC(C)=O)cc2)CC1. The highest BCUT2D eigenvalue weighted by atomic mass is 28.4. The van der Waals surface area contributed by atoms with E-state index in [9.17, 15) is 14.4 Å². The molecule has 0 heterocycles. The Bertz CT molecular complexity index is 806. The van der Waals surface area contributed by atoms with Gasteiger partial charge in [-0.2, -0.15) is 0 Å². The summed E-state index contributed by atoms with van der Waals surface area (Å²) >= 11 is 0. The molecule has 1 saturated carbocycles. The van der Waals surface area contributed by atoms with Crippen LogP contribution < -0.4 is 4.74 Å². The summed E-state index contributed by atoms with van der Waals surface area (Å²) in [6, 6.07) is 8.41. The molecule has 1 fully saturated rings. The van der Waals surface area contributed by atoms with Crippen molar-refractivity contribution in [2.45, 2.75) is 123 Å². The first-order chi connectivity index (χ1) is 18.2. The lowest BCUT2D eigenvalue weighted by Crippen LogP contribution is -2.49. The first kappa shape index (κ1) is 31.9. The minimum absolute atomic E-state index is 0.103. The molecule has 0 unspecified atom stereocenters. The molecule has 8 heteroatoms. The Balaban J connectivity index is 1.73. The van der Waals surface area contributed by atoms with Crippen LogP contribution in [-0.4, -0.2) is 33.3 Å². The normalized spacial score (nSPS) is 17.5. The largest absolute Gasteiger partial charge is 0.705 e. The fourth-order valence-corrected chi connectivity index (χ4v) is 7.68. The highest BCUT2D eigenvalue weighted by Gasteiger charge is 2.51. The number of hydrogen-bond donors (Lipinski definition) is 0. The molecule has 1 aliphatic rings. The number of rotatable bonds is 17. The van der Waals surface area contributed by atoms with E-state index in [0.29, 0.717) is 18.9 Å². The summed E-state index contributed by atoms with van der Waals surface area (Å²) in [5.74, 6) is 0.275. The maximum absolute atomic E-state index is 11.6. The Hall–Kier alpha value is -2.35. The van der Waals surface area contributed by atoms with Crippen molar-refractivity contribution in [3.63, 3.8) is 0 Å². The summed E-state index contributed by atoms with van der Waals surface area (Å²) in [7, 11) is -3.81. The number of ether oxygens (including phenoxy) is 1. The molecule has 0 aliphatic heterocycles. The molecular weight excluding hydrogens is 500 g/mol. The Kier molecular flexibility index (Phi) is 14.5.